The molecule has 20 heavy (non-hydrogen) atoms. The van der Waals surface area contributed by atoms with E-state index in [-0.39, 0.29) is 6.04 Å². The fraction of sp³-hybridized carbons (Fsp3) is 0.294. The Morgan fingerprint density at radius 1 is 1.15 bits per heavy atom. The van der Waals surface area contributed by atoms with Crippen LogP contribution in [0.4, 0.5) is 0 Å². The van der Waals surface area contributed by atoms with Gasteiger partial charge in [-0.25, -0.2) is 0 Å². The molecule has 1 atom stereocenters. The molecule has 0 saturated carbocycles. The fourth-order valence-electron chi connectivity index (χ4n) is 3.02. The number of nitrogens with one attached hydrogen (secondary N) is 1. The number of halogens is 2. The highest BCUT2D eigenvalue weighted by molar-refractivity contribution is 9.10. The minimum atomic E-state index is 0.130. The SMILES string of the molecule is CNC(c1ccc2c(c1)CCC2)c1cccc(Br)c1Cl. The molecule has 3 rings (SSSR count). The number of aryl methyl sites for hydroxylation is 2. The van der Waals surface area contributed by atoms with E-state index in [0.717, 1.165) is 15.1 Å². The maximum atomic E-state index is 6.45. The van der Waals surface area contributed by atoms with Crippen LogP contribution in [0.25, 0.3) is 0 Å². The van der Waals surface area contributed by atoms with E-state index in [0.29, 0.717) is 0 Å². The number of hydrogen-bond donors (Lipinski definition) is 1. The summed E-state index contributed by atoms with van der Waals surface area (Å²) in [6, 6.07) is 13.1. The quantitative estimate of drug-likeness (QED) is 0.830. The van der Waals surface area contributed by atoms with Crippen LogP contribution in [-0.4, -0.2) is 7.05 Å². The Labute approximate surface area is 133 Å². The molecular formula is C17H17BrClN. The Bertz CT molecular complexity index is 639. The average Bonchev–Trinajstić information content (AvgIpc) is 2.92. The average molecular weight is 351 g/mol. The molecule has 2 aromatic carbocycles. The molecule has 3 heteroatoms. The third-order valence-electron chi connectivity index (χ3n) is 4.04. The summed E-state index contributed by atoms with van der Waals surface area (Å²) in [5.41, 5.74) is 5.40. The lowest BCUT2D eigenvalue weighted by Gasteiger charge is -2.20. The third kappa shape index (κ3) is 2.52. The number of rotatable bonds is 3. The van der Waals surface area contributed by atoms with Gasteiger partial charge in [-0.05, 0) is 70.6 Å². The first kappa shape index (κ1) is 14.1. The minimum absolute atomic E-state index is 0.130. The Morgan fingerprint density at radius 3 is 2.75 bits per heavy atom. The highest BCUT2D eigenvalue weighted by Gasteiger charge is 2.19. The first-order chi connectivity index (χ1) is 9.70. The van der Waals surface area contributed by atoms with Crippen molar-refractivity contribution < 1.29 is 0 Å². The summed E-state index contributed by atoms with van der Waals surface area (Å²) in [4.78, 5) is 0. The first-order valence-corrected chi connectivity index (χ1v) is 8.10. The molecule has 1 nitrogen and oxygen atoms in total. The van der Waals surface area contributed by atoms with Gasteiger partial charge >= 0.3 is 0 Å². The summed E-state index contributed by atoms with van der Waals surface area (Å²) >= 11 is 9.95. The lowest BCUT2D eigenvalue weighted by Crippen LogP contribution is -2.18. The van der Waals surface area contributed by atoms with Crippen LogP contribution in [0.15, 0.2) is 40.9 Å². The molecule has 2 aromatic rings. The van der Waals surface area contributed by atoms with Crippen molar-refractivity contribution in [1.29, 1.82) is 0 Å². The van der Waals surface area contributed by atoms with E-state index >= 15 is 0 Å². The molecule has 0 bridgehead atoms. The zero-order valence-corrected chi connectivity index (χ0v) is 13.8. The second kappa shape index (κ2) is 5.88. The molecule has 0 saturated heterocycles. The van der Waals surface area contributed by atoms with Crippen molar-refractivity contribution in [3.8, 4) is 0 Å². The summed E-state index contributed by atoms with van der Waals surface area (Å²) in [5.74, 6) is 0. The van der Waals surface area contributed by atoms with E-state index in [4.69, 9.17) is 11.6 Å². The molecule has 1 aliphatic carbocycles. The van der Waals surface area contributed by atoms with Gasteiger partial charge in [0.05, 0.1) is 11.1 Å². The molecule has 1 unspecified atom stereocenters. The van der Waals surface area contributed by atoms with Crippen LogP contribution < -0.4 is 5.32 Å². The Kier molecular flexibility index (Phi) is 4.16. The van der Waals surface area contributed by atoms with Gasteiger partial charge in [0.25, 0.3) is 0 Å². The summed E-state index contributed by atoms with van der Waals surface area (Å²) in [6.07, 6.45) is 3.70. The molecule has 0 aliphatic heterocycles. The van der Waals surface area contributed by atoms with Gasteiger partial charge in [-0.2, -0.15) is 0 Å². The zero-order valence-electron chi connectivity index (χ0n) is 11.4. The molecule has 0 radical (unpaired) electrons. The predicted molar refractivity (Wildman–Crippen MR) is 88.5 cm³/mol. The van der Waals surface area contributed by atoms with Crippen LogP contribution in [0.1, 0.15) is 34.7 Å². The van der Waals surface area contributed by atoms with E-state index < -0.39 is 0 Å². The first-order valence-electron chi connectivity index (χ1n) is 6.93. The van der Waals surface area contributed by atoms with Gasteiger partial charge in [-0.15, -0.1) is 0 Å². The van der Waals surface area contributed by atoms with Gasteiger partial charge in [-0.1, -0.05) is 41.9 Å². The van der Waals surface area contributed by atoms with Gasteiger partial charge in [-0.3, -0.25) is 0 Å². The Hall–Kier alpha value is -0.830. The molecule has 0 aromatic heterocycles. The van der Waals surface area contributed by atoms with E-state index in [9.17, 15) is 0 Å². The van der Waals surface area contributed by atoms with E-state index in [1.54, 1.807) is 0 Å². The minimum Gasteiger partial charge on any atom is -0.309 e. The lowest BCUT2D eigenvalue weighted by atomic mass is 9.96. The largest absolute Gasteiger partial charge is 0.309 e. The van der Waals surface area contributed by atoms with Crippen molar-refractivity contribution in [2.45, 2.75) is 25.3 Å². The van der Waals surface area contributed by atoms with Gasteiger partial charge in [0, 0.05) is 4.47 Å². The summed E-state index contributed by atoms with van der Waals surface area (Å²) in [5, 5.41) is 4.17. The Morgan fingerprint density at radius 2 is 1.95 bits per heavy atom. The van der Waals surface area contributed by atoms with Crippen molar-refractivity contribution in [2.75, 3.05) is 7.05 Å². The number of benzene rings is 2. The second-order valence-electron chi connectivity index (χ2n) is 5.25. The fourth-order valence-corrected chi connectivity index (χ4v) is 3.63. The standard InChI is InChI=1S/C17H17BrClN/c1-20-17(14-6-3-7-15(18)16(14)19)13-9-8-11-4-2-5-12(11)10-13/h3,6-10,17,20H,2,4-5H2,1H3. The monoisotopic (exact) mass is 349 g/mol. The molecule has 0 spiro atoms. The van der Waals surface area contributed by atoms with Crippen LogP contribution in [0.5, 0.6) is 0 Å². The van der Waals surface area contributed by atoms with Crippen molar-refractivity contribution in [3.05, 3.63) is 68.1 Å². The maximum Gasteiger partial charge on any atom is 0.0599 e. The summed E-state index contributed by atoms with van der Waals surface area (Å²) in [7, 11) is 1.98. The van der Waals surface area contributed by atoms with Crippen molar-refractivity contribution in [1.82, 2.24) is 5.32 Å². The molecule has 0 fully saturated rings. The highest BCUT2D eigenvalue weighted by Crippen LogP contribution is 2.34. The van der Waals surface area contributed by atoms with Crippen LogP contribution in [0.2, 0.25) is 5.02 Å². The van der Waals surface area contributed by atoms with Gasteiger partial charge in [0.15, 0.2) is 0 Å². The second-order valence-corrected chi connectivity index (χ2v) is 6.48. The normalized spacial score (nSPS) is 15.2. The van der Waals surface area contributed by atoms with Gasteiger partial charge in [0.1, 0.15) is 0 Å². The van der Waals surface area contributed by atoms with Crippen molar-refractivity contribution in [3.63, 3.8) is 0 Å². The smallest absolute Gasteiger partial charge is 0.0599 e. The molecule has 0 amide bonds. The molecular weight excluding hydrogens is 334 g/mol. The van der Waals surface area contributed by atoms with E-state index in [1.807, 2.05) is 19.2 Å². The summed E-state index contributed by atoms with van der Waals surface area (Å²) < 4.78 is 0.943. The number of hydrogen-bond acceptors (Lipinski definition) is 1. The zero-order chi connectivity index (χ0) is 14.1. The Balaban J connectivity index is 2.03. The van der Waals surface area contributed by atoms with Crippen LogP contribution in [-0.2, 0) is 12.8 Å². The molecule has 0 heterocycles. The van der Waals surface area contributed by atoms with Crippen molar-refractivity contribution in [2.24, 2.45) is 0 Å². The van der Waals surface area contributed by atoms with Crippen LogP contribution in [0, 0.1) is 0 Å². The summed E-state index contributed by atoms with van der Waals surface area (Å²) in [6.45, 7) is 0. The van der Waals surface area contributed by atoms with Crippen LogP contribution >= 0.6 is 27.5 Å². The topological polar surface area (TPSA) is 12.0 Å². The predicted octanol–water partition coefficient (Wildman–Crippen LogP) is 4.90. The highest BCUT2D eigenvalue weighted by atomic mass is 79.9. The van der Waals surface area contributed by atoms with Crippen LogP contribution in [0.3, 0.4) is 0 Å². The molecule has 1 aliphatic rings. The number of fused-ring (bicyclic) bond motifs is 1. The van der Waals surface area contributed by atoms with E-state index in [1.165, 1.54) is 36.0 Å². The lowest BCUT2D eigenvalue weighted by molar-refractivity contribution is 0.690. The third-order valence-corrected chi connectivity index (χ3v) is 5.35. The van der Waals surface area contributed by atoms with Gasteiger partial charge in [0.2, 0.25) is 0 Å². The maximum absolute atomic E-state index is 6.45. The molecule has 104 valence electrons. The van der Waals surface area contributed by atoms with E-state index in [2.05, 4.69) is 45.5 Å². The molecule has 1 N–H and O–H groups in total. The van der Waals surface area contributed by atoms with Crippen molar-refractivity contribution >= 4 is 27.5 Å². The van der Waals surface area contributed by atoms with Gasteiger partial charge < -0.3 is 5.32 Å².